The van der Waals surface area contributed by atoms with Crippen molar-refractivity contribution >= 4 is 21.8 Å². The molecule has 0 unspecified atom stereocenters. The van der Waals surface area contributed by atoms with Crippen LogP contribution in [0.5, 0.6) is 0 Å². The van der Waals surface area contributed by atoms with E-state index in [1.165, 1.54) is 0 Å². The maximum absolute atomic E-state index is 12.4. The summed E-state index contributed by atoms with van der Waals surface area (Å²) in [7, 11) is -3.22. The summed E-state index contributed by atoms with van der Waals surface area (Å²) in [5.41, 5.74) is 0. The maximum Gasteiger partial charge on any atom is 0.282 e. The van der Waals surface area contributed by atoms with E-state index in [2.05, 4.69) is 0 Å². The van der Waals surface area contributed by atoms with Gasteiger partial charge in [-0.05, 0) is 31.6 Å². The van der Waals surface area contributed by atoms with Crippen LogP contribution in [0.3, 0.4) is 0 Å². The molecule has 0 aromatic heterocycles. The minimum atomic E-state index is -3.22. The summed E-state index contributed by atoms with van der Waals surface area (Å²) in [5, 5.41) is 0. The lowest BCUT2D eigenvalue weighted by Crippen LogP contribution is -2.48. The molecular formula is C11H21ClN2O2S. The standard InChI is InChI=1S/C11H21ClN2O2S/c1-2-14(11-3-4-11)17(15,16)13-7-5-10(9-12)6-8-13/h10-11H,2-9H2,1H3. The maximum atomic E-state index is 12.4. The van der Waals surface area contributed by atoms with Crippen molar-refractivity contribution in [1.29, 1.82) is 0 Å². The number of hydrogen-bond donors (Lipinski definition) is 0. The first-order valence-corrected chi connectivity index (χ1v) is 8.35. The van der Waals surface area contributed by atoms with E-state index in [9.17, 15) is 8.42 Å². The lowest BCUT2D eigenvalue weighted by Gasteiger charge is -2.34. The molecule has 0 atom stereocenters. The molecule has 100 valence electrons. The average molecular weight is 281 g/mol. The van der Waals surface area contributed by atoms with Crippen LogP contribution in [0, 0.1) is 5.92 Å². The molecule has 1 heterocycles. The zero-order valence-electron chi connectivity index (χ0n) is 10.3. The molecule has 0 aromatic carbocycles. The number of hydrogen-bond acceptors (Lipinski definition) is 2. The van der Waals surface area contributed by atoms with Crippen molar-refractivity contribution < 1.29 is 8.42 Å². The molecule has 1 aliphatic carbocycles. The van der Waals surface area contributed by atoms with Crippen molar-refractivity contribution in [3.05, 3.63) is 0 Å². The Morgan fingerprint density at radius 1 is 1.24 bits per heavy atom. The first kappa shape index (κ1) is 13.6. The predicted octanol–water partition coefficient (Wildman–Crippen LogP) is 1.67. The highest BCUT2D eigenvalue weighted by atomic mass is 35.5. The molecule has 0 bridgehead atoms. The van der Waals surface area contributed by atoms with Crippen LogP contribution in [0.15, 0.2) is 0 Å². The SMILES string of the molecule is CCN(C1CC1)S(=O)(=O)N1CCC(CCl)CC1. The van der Waals surface area contributed by atoms with Crippen LogP contribution in [-0.4, -0.2) is 48.6 Å². The first-order chi connectivity index (χ1) is 8.09. The monoisotopic (exact) mass is 280 g/mol. The van der Waals surface area contributed by atoms with Crippen molar-refractivity contribution in [2.24, 2.45) is 5.92 Å². The van der Waals surface area contributed by atoms with Crippen LogP contribution in [0.25, 0.3) is 0 Å². The molecule has 17 heavy (non-hydrogen) atoms. The molecule has 2 fully saturated rings. The summed E-state index contributed by atoms with van der Waals surface area (Å²) in [4.78, 5) is 0. The molecule has 0 N–H and O–H groups in total. The van der Waals surface area contributed by atoms with Crippen molar-refractivity contribution in [2.75, 3.05) is 25.5 Å². The second-order valence-corrected chi connectivity index (χ2v) is 7.13. The Morgan fingerprint density at radius 3 is 2.24 bits per heavy atom. The van der Waals surface area contributed by atoms with Gasteiger partial charge in [-0.3, -0.25) is 0 Å². The van der Waals surface area contributed by atoms with Crippen LogP contribution in [0.4, 0.5) is 0 Å². The fourth-order valence-corrected chi connectivity index (χ4v) is 4.61. The molecule has 4 nitrogen and oxygen atoms in total. The zero-order valence-corrected chi connectivity index (χ0v) is 11.9. The van der Waals surface area contributed by atoms with Gasteiger partial charge in [0.1, 0.15) is 0 Å². The third-order valence-electron chi connectivity index (χ3n) is 3.68. The van der Waals surface area contributed by atoms with Gasteiger partial charge in [0.25, 0.3) is 10.2 Å². The predicted molar refractivity (Wildman–Crippen MR) is 69.3 cm³/mol. The Bertz CT molecular complexity index is 348. The lowest BCUT2D eigenvalue weighted by atomic mass is 10.0. The third-order valence-corrected chi connectivity index (χ3v) is 6.28. The summed E-state index contributed by atoms with van der Waals surface area (Å²) in [5.74, 6) is 1.13. The highest BCUT2D eigenvalue weighted by Crippen LogP contribution is 2.31. The van der Waals surface area contributed by atoms with Crippen LogP contribution in [-0.2, 0) is 10.2 Å². The lowest BCUT2D eigenvalue weighted by molar-refractivity contribution is 0.265. The van der Waals surface area contributed by atoms with Gasteiger partial charge in [0.15, 0.2) is 0 Å². The van der Waals surface area contributed by atoms with E-state index < -0.39 is 10.2 Å². The minimum absolute atomic E-state index is 0.260. The molecule has 0 amide bonds. The molecule has 2 rings (SSSR count). The summed E-state index contributed by atoms with van der Waals surface area (Å²) < 4.78 is 28.1. The Hall–Kier alpha value is 0.160. The largest absolute Gasteiger partial charge is 0.282 e. The molecule has 1 saturated carbocycles. The van der Waals surface area contributed by atoms with Gasteiger partial charge in [0.05, 0.1) is 0 Å². The molecule has 1 saturated heterocycles. The normalized spacial score (nSPS) is 24.4. The molecule has 1 aliphatic heterocycles. The molecule has 2 aliphatic rings. The van der Waals surface area contributed by atoms with E-state index in [0.29, 0.717) is 31.4 Å². The molecular weight excluding hydrogens is 260 g/mol. The Morgan fingerprint density at radius 2 is 1.82 bits per heavy atom. The summed E-state index contributed by atoms with van der Waals surface area (Å²) >= 11 is 5.81. The second kappa shape index (κ2) is 5.43. The van der Waals surface area contributed by atoms with Crippen LogP contribution in [0.1, 0.15) is 32.6 Å². The summed E-state index contributed by atoms with van der Waals surface area (Å²) in [6.07, 6.45) is 3.83. The van der Waals surface area contributed by atoms with Gasteiger partial charge in [-0.15, -0.1) is 11.6 Å². The number of alkyl halides is 1. The zero-order chi connectivity index (χ0) is 12.5. The van der Waals surface area contributed by atoms with Gasteiger partial charge in [0, 0.05) is 31.6 Å². The van der Waals surface area contributed by atoms with Crippen LogP contribution < -0.4 is 0 Å². The van der Waals surface area contributed by atoms with Gasteiger partial charge >= 0.3 is 0 Å². The van der Waals surface area contributed by atoms with E-state index in [1.807, 2.05) is 6.92 Å². The quantitative estimate of drug-likeness (QED) is 0.719. The smallest absolute Gasteiger partial charge is 0.195 e. The fraction of sp³-hybridized carbons (Fsp3) is 1.00. The van der Waals surface area contributed by atoms with E-state index >= 15 is 0 Å². The van der Waals surface area contributed by atoms with Crippen molar-refractivity contribution in [3.63, 3.8) is 0 Å². The highest BCUT2D eigenvalue weighted by molar-refractivity contribution is 7.86. The van der Waals surface area contributed by atoms with Gasteiger partial charge in [0.2, 0.25) is 0 Å². The second-order valence-electron chi connectivity index (χ2n) is 4.94. The van der Waals surface area contributed by atoms with Gasteiger partial charge in [-0.25, -0.2) is 0 Å². The fourth-order valence-electron chi connectivity index (χ4n) is 2.41. The van der Waals surface area contributed by atoms with Crippen LogP contribution in [0.2, 0.25) is 0 Å². The van der Waals surface area contributed by atoms with E-state index in [1.54, 1.807) is 8.61 Å². The summed E-state index contributed by atoms with van der Waals surface area (Å²) in [6.45, 7) is 3.76. The van der Waals surface area contributed by atoms with E-state index in [0.717, 1.165) is 25.7 Å². The summed E-state index contributed by atoms with van der Waals surface area (Å²) in [6, 6.07) is 0.260. The van der Waals surface area contributed by atoms with Crippen molar-refractivity contribution in [1.82, 2.24) is 8.61 Å². The number of halogens is 1. The Balaban J connectivity index is 2.00. The average Bonchev–Trinajstić information content (AvgIpc) is 3.14. The van der Waals surface area contributed by atoms with Gasteiger partial charge < -0.3 is 0 Å². The third kappa shape index (κ3) is 2.95. The van der Waals surface area contributed by atoms with Crippen molar-refractivity contribution in [3.8, 4) is 0 Å². The molecule has 6 heteroatoms. The Kier molecular flexibility index (Phi) is 4.34. The first-order valence-electron chi connectivity index (χ1n) is 6.42. The topological polar surface area (TPSA) is 40.6 Å². The van der Waals surface area contributed by atoms with Crippen molar-refractivity contribution in [2.45, 2.75) is 38.6 Å². The minimum Gasteiger partial charge on any atom is -0.195 e. The van der Waals surface area contributed by atoms with Gasteiger partial charge in [-0.1, -0.05) is 6.92 Å². The van der Waals surface area contributed by atoms with E-state index in [-0.39, 0.29) is 6.04 Å². The number of nitrogens with zero attached hydrogens (tertiary/aromatic N) is 2. The molecule has 0 radical (unpaired) electrons. The number of piperidine rings is 1. The van der Waals surface area contributed by atoms with E-state index in [4.69, 9.17) is 11.6 Å². The van der Waals surface area contributed by atoms with Crippen LogP contribution >= 0.6 is 11.6 Å². The Labute approximate surface area is 109 Å². The number of rotatable bonds is 5. The molecule has 0 aromatic rings. The van der Waals surface area contributed by atoms with Gasteiger partial charge in [-0.2, -0.15) is 17.0 Å². The molecule has 0 spiro atoms. The highest BCUT2D eigenvalue weighted by Gasteiger charge is 2.40.